The van der Waals surface area contributed by atoms with Crippen molar-refractivity contribution in [3.05, 3.63) is 29.3 Å². The summed E-state index contributed by atoms with van der Waals surface area (Å²) in [6, 6.07) is 3.99. The molecular weight excluding hydrogens is 264 g/mol. The Balaban J connectivity index is 1.95. The molecule has 0 atom stereocenters. The summed E-state index contributed by atoms with van der Waals surface area (Å²) in [5.41, 5.74) is 0.776. The van der Waals surface area contributed by atoms with E-state index in [1.807, 2.05) is 0 Å². The average molecular weight is 278 g/mol. The second-order valence-electron chi connectivity index (χ2n) is 4.37. The van der Waals surface area contributed by atoms with Gasteiger partial charge in [-0.15, -0.1) is 0 Å². The van der Waals surface area contributed by atoms with Crippen LogP contribution in [-0.2, 0) is 9.53 Å². The summed E-state index contributed by atoms with van der Waals surface area (Å²) in [4.78, 5) is 35.6. The van der Waals surface area contributed by atoms with E-state index in [-0.39, 0.29) is 17.9 Å². The van der Waals surface area contributed by atoms with Gasteiger partial charge in [0.15, 0.2) is 6.61 Å². The highest BCUT2D eigenvalue weighted by molar-refractivity contribution is 5.98. The van der Waals surface area contributed by atoms with E-state index in [2.05, 4.69) is 5.32 Å². The molecule has 1 heterocycles. The van der Waals surface area contributed by atoms with Gasteiger partial charge in [0.1, 0.15) is 11.3 Å². The van der Waals surface area contributed by atoms with Crippen LogP contribution in [-0.4, -0.2) is 47.6 Å². The van der Waals surface area contributed by atoms with E-state index in [1.165, 1.54) is 12.1 Å². The molecule has 1 aromatic rings. The Kier molecular flexibility index (Phi) is 3.88. The Hall–Kier alpha value is -2.57. The molecule has 20 heavy (non-hydrogen) atoms. The number of hydrogen-bond acceptors (Lipinski definition) is 5. The second kappa shape index (κ2) is 5.60. The van der Waals surface area contributed by atoms with E-state index in [4.69, 9.17) is 4.74 Å². The van der Waals surface area contributed by atoms with Crippen LogP contribution in [0.1, 0.15) is 15.9 Å². The number of phenols is 1. The van der Waals surface area contributed by atoms with E-state index in [9.17, 15) is 19.5 Å². The number of nitrogens with one attached hydrogen (secondary N) is 1. The van der Waals surface area contributed by atoms with Gasteiger partial charge in [-0.05, 0) is 24.6 Å². The highest BCUT2D eigenvalue weighted by atomic mass is 16.5. The number of urea groups is 1. The maximum atomic E-state index is 11.7. The minimum Gasteiger partial charge on any atom is -0.507 e. The van der Waals surface area contributed by atoms with Crippen LogP contribution in [0.2, 0.25) is 0 Å². The monoisotopic (exact) mass is 278 g/mol. The number of hydrogen-bond donors (Lipinski definition) is 2. The predicted molar refractivity (Wildman–Crippen MR) is 68.2 cm³/mol. The van der Waals surface area contributed by atoms with Crippen LogP contribution in [0.3, 0.4) is 0 Å². The molecule has 0 bridgehead atoms. The molecule has 1 aliphatic rings. The van der Waals surface area contributed by atoms with E-state index in [0.717, 1.165) is 10.5 Å². The molecule has 2 rings (SSSR count). The van der Waals surface area contributed by atoms with Crippen molar-refractivity contribution in [2.24, 2.45) is 0 Å². The molecular formula is C13H14N2O5. The predicted octanol–water partition coefficient (Wildman–Crippen LogP) is 0.409. The Morgan fingerprint density at radius 1 is 1.45 bits per heavy atom. The molecule has 0 radical (unpaired) electrons. The summed E-state index contributed by atoms with van der Waals surface area (Å²) in [6.07, 6.45) is 0. The average Bonchev–Trinajstić information content (AvgIpc) is 2.82. The van der Waals surface area contributed by atoms with Gasteiger partial charge >= 0.3 is 12.0 Å². The Morgan fingerprint density at radius 2 is 2.20 bits per heavy atom. The van der Waals surface area contributed by atoms with E-state index in [1.54, 1.807) is 13.0 Å². The first kappa shape index (κ1) is 13.9. The lowest BCUT2D eigenvalue weighted by atomic mass is 10.1. The molecule has 0 saturated carbocycles. The molecule has 1 aliphatic heterocycles. The lowest BCUT2D eigenvalue weighted by molar-refractivity contribution is -0.130. The second-order valence-corrected chi connectivity index (χ2v) is 4.37. The third kappa shape index (κ3) is 2.87. The lowest BCUT2D eigenvalue weighted by Gasteiger charge is -2.12. The Morgan fingerprint density at radius 3 is 2.80 bits per heavy atom. The minimum absolute atomic E-state index is 0.0192. The number of carbonyl (C=O) groups excluding carboxylic acids is 3. The molecule has 0 unspecified atom stereocenters. The van der Waals surface area contributed by atoms with Crippen LogP contribution in [0.25, 0.3) is 0 Å². The molecule has 0 aliphatic carbocycles. The molecule has 1 aromatic carbocycles. The number of carbonyl (C=O) groups is 3. The maximum Gasteiger partial charge on any atom is 0.342 e. The van der Waals surface area contributed by atoms with Gasteiger partial charge < -0.3 is 15.2 Å². The Bertz CT molecular complexity index is 570. The lowest BCUT2D eigenvalue weighted by Crippen LogP contribution is -2.37. The van der Waals surface area contributed by atoms with Crippen molar-refractivity contribution in [2.45, 2.75) is 6.92 Å². The zero-order chi connectivity index (χ0) is 14.7. The fourth-order valence-corrected chi connectivity index (χ4v) is 1.81. The van der Waals surface area contributed by atoms with Crippen molar-refractivity contribution in [1.82, 2.24) is 10.2 Å². The number of ether oxygens (including phenoxy) is 1. The number of amides is 3. The molecule has 2 N–H and O–H groups in total. The van der Waals surface area contributed by atoms with Gasteiger partial charge in [-0.3, -0.25) is 9.69 Å². The number of esters is 1. The molecule has 106 valence electrons. The summed E-state index contributed by atoms with van der Waals surface area (Å²) < 4.78 is 4.80. The van der Waals surface area contributed by atoms with Crippen LogP contribution >= 0.6 is 0 Å². The third-order valence-electron chi connectivity index (χ3n) is 2.86. The standard InChI is InChI=1S/C13H14N2O5/c1-8-2-3-9(10(16)6-8)12(18)20-7-11(17)15-5-4-14-13(15)19/h2-3,6,16H,4-5,7H2,1H3,(H,14,19). The Labute approximate surface area is 115 Å². The molecule has 1 saturated heterocycles. The van der Waals surface area contributed by atoms with Gasteiger partial charge in [-0.1, -0.05) is 6.07 Å². The topological polar surface area (TPSA) is 95.9 Å². The van der Waals surface area contributed by atoms with Crippen LogP contribution in [0.4, 0.5) is 4.79 Å². The van der Waals surface area contributed by atoms with Crippen molar-refractivity contribution in [3.8, 4) is 5.75 Å². The normalized spacial score (nSPS) is 14.1. The van der Waals surface area contributed by atoms with Gasteiger partial charge in [0.05, 0.1) is 0 Å². The number of aryl methyl sites for hydroxylation is 1. The van der Waals surface area contributed by atoms with Crippen molar-refractivity contribution < 1.29 is 24.2 Å². The van der Waals surface area contributed by atoms with Crippen LogP contribution in [0.5, 0.6) is 5.75 Å². The van der Waals surface area contributed by atoms with Gasteiger partial charge in [0.25, 0.3) is 5.91 Å². The first-order valence-electron chi connectivity index (χ1n) is 6.04. The zero-order valence-electron chi connectivity index (χ0n) is 10.9. The van der Waals surface area contributed by atoms with E-state index >= 15 is 0 Å². The summed E-state index contributed by atoms with van der Waals surface area (Å²) in [5, 5.41) is 12.1. The third-order valence-corrected chi connectivity index (χ3v) is 2.86. The van der Waals surface area contributed by atoms with Crippen LogP contribution in [0, 0.1) is 6.92 Å². The largest absolute Gasteiger partial charge is 0.507 e. The minimum atomic E-state index is -0.810. The zero-order valence-corrected chi connectivity index (χ0v) is 10.9. The van der Waals surface area contributed by atoms with Crippen molar-refractivity contribution in [2.75, 3.05) is 19.7 Å². The molecule has 0 aromatic heterocycles. The fourth-order valence-electron chi connectivity index (χ4n) is 1.81. The summed E-state index contributed by atoms with van der Waals surface area (Å²) >= 11 is 0. The van der Waals surface area contributed by atoms with E-state index in [0.29, 0.717) is 6.54 Å². The highest BCUT2D eigenvalue weighted by Gasteiger charge is 2.27. The number of nitrogens with zero attached hydrogens (tertiary/aromatic N) is 1. The van der Waals surface area contributed by atoms with Gasteiger partial charge in [0, 0.05) is 13.1 Å². The van der Waals surface area contributed by atoms with Gasteiger partial charge in [-0.25, -0.2) is 9.59 Å². The first-order chi connectivity index (χ1) is 9.49. The van der Waals surface area contributed by atoms with Crippen LogP contribution in [0.15, 0.2) is 18.2 Å². The number of benzene rings is 1. The van der Waals surface area contributed by atoms with Crippen molar-refractivity contribution >= 4 is 17.9 Å². The van der Waals surface area contributed by atoms with Gasteiger partial charge in [-0.2, -0.15) is 0 Å². The summed E-state index contributed by atoms with van der Waals surface area (Å²) in [7, 11) is 0. The molecule has 0 spiro atoms. The molecule has 1 fully saturated rings. The smallest absolute Gasteiger partial charge is 0.342 e. The molecule has 7 nitrogen and oxygen atoms in total. The first-order valence-corrected chi connectivity index (χ1v) is 6.04. The van der Waals surface area contributed by atoms with Crippen molar-refractivity contribution in [1.29, 1.82) is 0 Å². The maximum absolute atomic E-state index is 11.7. The van der Waals surface area contributed by atoms with Gasteiger partial charge in [0.2, 0.25) is 0 Å². The number of imide groups is 1. The number of phenolic OH excluding ortho intramolecular Hbond substituents is 1. The molecule has 3 amide bonds. The highest BCUT2D eigenvalue weighted by Crippen LogP contribution is 2.19. The van der Waals surface area contributed by atoms with E-state index < -0.39 is 24.5 Å². The summed E-state index contributed by atoms with van der Waals surface area (Å²) in [6.45, 7) is 1.87. The fraction of sp³-hybridized carbons (Fsp3) is 0.308. The molecule has 7 heteroatoms. The SMILES string of the molecule is Cc1ccc(C(=O)OCC(=O)N2CCNC2=O)c(O)c1. The number of aromatic hydroxyl groups is 1. The van der Waals surface area contributed by atoms with Crippen molar-refractivity contribution in [3.63, 3.8) is 0 Å². The summed E-state index contributed by atoms with van der Waals surface area (Å²) in [5.74, 6) is -1.61. The van der Waals surface area contributed by atoms with Crippen LogP contribution < -0.4 is 5.32 Å². The number of rotatable bonds is 3. The quantitative estimate of drug-likeness (QED) is 0.781.